The summed E-state index contributed by atoms with van der Waals surface area (Å²) in [5.74, 6) is 0.255. The number of hydrogen-bond acceptors (Lipinski definition) is 3. The SMILES string of the molecule is CCc1noc(N(C(=O)O)c2ccccc2)c1C. The minimum atomic E-state index is -1.09. The van der Waals surface area contributed by atoms with Crippen LogP contribution in [-0.4, -0.2) is 16.4 Å². The largest absolute Gasteiger partial charge is 0.464 e. The molecule has 0 saturated carbocycles. The number of amides is 1. The van der Waals surface area contributed by atoms with Crippen molar-refractivity contribution in [3.05, 3.63) is 41.6 Å². The fourth-order valence-electron chi connectivity index (χ4n) is 1.79. The molecule has 1 N–H and O–H groups in total. The van der Waals surface area contributed by atoms with E-state index in [2.05, 4.69) is 5.16 Å². The second kappa shape index (κ2) is 4.91. The maximum Gasteiger partial charge on any atom is 0.418 e. The molecule has 0 atom stereocenters. The number of aromatic nitrogens is 1. The third kappa shape index (κ3) is 2.07. The summed E-state index contributed by atoms with van der Waals surface area (Å²) < 4.78 is 5.16. The van der Waals surface area contributed by atoms with E-state index in [9.17, 15) is 9.90 Å². The molecule has 2 aromatic rings. The van der Waals surface area contributed by atoms with Gasteiger partial charge in [0.1, 0.15) is 0 Å². The summed E-state index contributed by atoms with van der Waals surface area (Å²) in [6.07, 6.45) is -0.388. The number of benzene rings is 1. The van der Waals surface area contributed by atoms with E-state index in [1.165, 1.54) is 0 Å². The van der Waals surface area contributed by atoms with Crippen molar-refractivity contribution in [1.82, 2.24) is 5.16 Å². The molecule has 18 heavy (non-hydrogen) atoms. The second-order valence-electron chi connectivity index (χ2n) is 3.87. The predicted molar refractivity (Wildman–Crippen MR) is 67.2 cm³/mol. The van der Waals surface area contributed by atoms with E-state index < -0.39 is 6.09 Å². The Balaban J connectivity index is 2.49. The van der Waals surface area contributed by atoms with E-state index in [1.807, 2.05) is 19.9 Å². The van der Waals surface area contributed by atoms with Crippen molar-refractivity contribution in [3.8, 4) is 0 Å². The summed E-state index contributed by atoms with van der Waals surface area (Å²) in [4.78, 5) is 12.5. The van der Waals surface area contributed by atoms with Gasteiger partial charge in [-0.3, -0.25) is 0 Å². The molecular formula is C13H14N2O3. The number of rotatable bonds is 3. The third-order valence-corrected chi connectivity index (χ3v) is 2.74. The van der Waals surface area contributed by atoms with Crippen molar-refractivity contribution < 1.29 is 14.4 Å². The highest BCUT2D eigenvalue weighted by atomic mass is 16.5. The average Bonchev–Trinajstić information content (AvgIpc) is 2.72. The molecule has 0 saturated heterocycles. The zero-order valence-corrected chi connectivity index (χ0v) is 10.3. The molecule has 94 valence electrons. The first-order chi connectivity index (χ1) is 8.65. The van der Waals surface area contributed by atoms with Crippen LogP contribution in [0.2, 0.25) is 0 Å². The van der Waals surface area contributed by atoms with Gasteiger partial charge in [0.05, 0.1) is 11.4 Å². The van der Waals surface area contributed by atoms with Crippen molar-refractivity contribution in [1.29, 1.82) is 0 Å². The van der Waals surface area contributed by atoms with Crippen molar-refractivity contribution in [3.63, 3.8) is 0 Å². The smallest absolute Gasteiger partial charge is 0.418 e. The van der Waals surface area contributed by atoms with Crippen molar-refractivity contribution in [2.45, 2.75) is 20.3 Å². The van der Waals surface area contributed by atoms with Crippen LogP contribution in [0.25, 0.3) is 0 Å². The lowest BCUT2D eigenvalue weighted by molar-refractivity contribution is 0.203. The van der Waals surface area contributed by atoms with Gasteiger partial charge in [0.25, 0.3) is 0 Å². The molecule has 5 heteroatoms. The second-order valence-corrected chi connectivity index (χ2v) is 3.87. The van der Waals surface area contributed by atoms with Crippen LogP contribution in [0, 0.1) is 6.92 Å². The Bertz CT molecular complexity index is 549. The molecule has 0 bridgehead atoms. The number of nitrogens with zero attached hydrogens (tertiary/aromatic N) is 2. The summed E-state index contributed by atoms with van der Waals surface area (Å²) in [6.45, 7) is 3.76. The standard InChI is InChI=1S/C13H14N2O3/c1-3-11-9(2)12(18-14-11)15(13(16)17)10-7-5-4-6-8-10/h4-8H,3H2,1-2H3,(H,16,17). The van der Waals surface area contributed by atoms with E-state index in [0.717, 1.165) is 16.2 Å². The molecule has 2 rings (SSSR count). The normalized spacial score (nSPS) is 10.3. The van der Waals surface area contributed by atoms with Crippen LogP contribution >= 0.6 is 0 Å². The molecular weight excluding hydrogens is 232 g/mol. The summed E-state index contributed by atoms with van der Waals surface area (Å²) in [7, 11) is 0. The van der Waals surface area contributed by atoms with Gasteiger partial charge in [-0.2, -0.15) is 0 Å². The van der Waals surface area contributed by atoms with Crippen LogP contribution < -0.4 is 4.90 Å². The number of para-hydroxylation sites is 1. The highest BCUT2D eigenvalue weighted by Gasteiger charge is 2.24. The molecule has 1 amide bonds. The lowest BCUT2D eigenvalue weighted by Crippen LogP contribution is -2.23. The Morgan fingerprint density at radius 2 is 2.06 bits per heavy atom. The number of hydrogen-bond donors (Lipinski definition) is 1. The Kier molecular flexibility index (Phi) is 3.32. The van der Waals surface area contributed by atoms with Crippen LogP contribution in [0.1, 0.15) is 18.2 Å². The zero-order chi connectivity index (χ0) is 13.1. The number of carboxylic acid groups (broad SMARTS) is 1. The maximum absolute atomic E-state index is 11.4. The minimum absolute atomic E-state index is 0.255. The van der Waals surface area contributed by atoms with E-state index in [1.54, 1.807) is 24.3 Å². The summed E-state index contributed by atoms with van der Waals surface area (Å²) in [5.41, 5.74) is 2.06. The van der Waals surface area contributed by atoms with Gasteiger partial charge in [-0.1, -0.05) is 30.3 Å². The quantitative estimate of drug-likeness (QED) is 0.901. The van der Waals surface area contributed by atoms with Crippen molar-refractivity contribution >= 4 is 17.7 Å². The molecule has 0 aliphatic heterocycles. The zero-order valence-electron chi connectivity index (χ0n) is 10.3. The van der Waals surface area contributed by atoms with Crippen molar-refractivity contribution in [2.24, 2.45) is 0 Å². The number of aryl methyl sites for hydroxylation is 1. The molecule has 0 unspecified atom stereocenters. The number of anilines is 2. The fraction of sp³-hybridized carbons (Fsp3) is 0.231. The van der Waals surface area contributed by atoms with Gasteiger partial charge < -0.3 is 9.63 Å². The third-order valence-electron chi connectivity index (χ3n) is 2.74. The summed E-state index contributed by atoms with van der Waals surface area (Å²) in [5, 5.41) is 13.2. The first-order valence-electron chi connectivity index (χ1n) is 5.68. The van der Waals surface area contributed by atoms with Gasteiger partial charge >= 0.3 is 6.09 Å². The number of carbonyl (C=O) groups is 1. The van der Waals surface area contributed by atoms with Gasteiger partial charge in [-0.15, -0.1) is 0 Å². The Morgan fingerprint density at radius 1 is 1.39 bits per heavy atom. The Morgan fingerprint density at radius 3 is 2.56 bits per heavy atom. The van der Waals surface area contributed by atoms with Crippen molar-refractivity contribution in [2.75, 3.05) is 4.90 Å². The lowest BCUT2D eigenvalue weighted by atomic mass is 10.2. The molecule has 0 fully saturated rings. The van der Waals surface area contributed by atoms with Gasteiger partial charge in [0.2, 0.25) is 5.88 Å². The first-order valence-corrected chi connectivity index (χ1v) is 5.68. The first kappa shape index (κ1) is 12.2. The maximum atomic E-state index is 11.4. The Hall–Kier alpha value is -2.30. The monoisotopic (exact) mass is 246 g/mol. The van der Waals surface area contributed by atoms with Gasteiger partial charge in [-0.05, 0) is 25.5 Å². The van der Waals surface area contributed by atoms with E-state index in [-0.39, 0.29) is 5.88 Å². The van der Waals surface area contributed by atoms with Crippen LogP contribution in [-0.2, 0) is 6.42 Å². The van der Waals surface area contributed by atoms with E-state index in [4.69, 9.17) is 4.52 Å². The lowest BCUT2D eigenvalue weighted by Gasteiger charge is -2.16. The van der Waals surface area contributed by atoms with Crippen LogP contribution in [0.4, 0.5) is 16.4 Å². The predicted octanol–water partition coefficient (Wildman–Crippen LogP) is 3.36. The molecule has 0 aliphatic rings. The molecule has 0 radical (unpaired) electrons. The summed E-state index contributed by atoms with van der Waals surface area (Å²) in [6, 6.07) is 8.80. The summed E-state index contributed by atoms with van der Waals surface area (Å²) >= 11 is 0. The molecule has 1 aromatic heterocycles. The van der Waals surface area contributed by atoms with Crippen LogP contribution in [0.3, 0.4) is 0 Å². The average molecular weight is 246 g/mol. The highest BCUT2D eigenvalue weighted by Crippen LogP contribution is 2.30. The van der Waals surface area contributed by atoms with Crippen LogP contribution in [0.15, 0.2) is 34.9 Å². The minimum Gasteiger partial charge on any atom is -0.464 e. The molecule has 0 aliphatic carbocycles. The topological polar surface area (TPSA) is 66.6 Å². The van der Waals surface area contributed by atoms with E-state index in [0.29, 0.717) is 12.1 Å². The highest BCUT2D eigenvalue weighted by molar-refractivity contribution is 5.93. The van der Waals surface area contributed by atoms with Gasteiger partial charge in [0, 0.05) is 5.56 Å². The van der Waals surface area contributed by atoms with Gasteiger partial charge in [0.15, 0.2) is 0 Å². The molecule has 5 nitrogen and oxygen atoms in total. The Labute approximate surface area is 105 Å². The molecule has 1 aromatic carbocycles. The molecule has 0 spiro atoms. The molecule has 1 heterocycles. The van der Waals surface area contributed by atoms with E-state index >= 15 is 0 Å². The van der Waals surface area contributed by atoms with Crippen LogP contribution in [0.5, 0.6) is 0 Å². The van der Waals surface area contributed by atoms with Gasteiger partial charge in [-0.25, -0.2) is 9.69 Å². The fourth-order valence-corrected chi connectivity index (χ4v) is 1.79.